The molecular formula is C19H18ClNO4. The van der Waals surface area contributed by atoms with Gasteiger partial charge in [0.25, 0.3) is 11.7 Å². The first kappa shape index (κ1) is 16.4. The van der Waals surface area contributed by atoms with Crippen molar-refractivity contribution in [2.75, 3.05) is 31.3 Å². The summed E-state index contributed by atoms with van der Waals surface area (Å²) in [5.41, 5.74) is 1.64. The van der Waals surface area contributed by atoms with Gasteiger partial charge in [0.15, 0.2) is 0 Å². The Morgan fingerprint density at radius 1 is 1.08 bits per heavy atom. The molecule has 0 unspecified atom stereocenters. The zero-order valence-electron chi connectivity index (χ0n) is 13.6. The Morgan fingerprint density at radius 2 is 1.80 bits per heavy atom. The Hall–Kier alpha value is -2.08. The molecule has 0 aromatic heterocycles. The van der Waals surface area contributed by atoms with Gasteiger partial charge in [-0.3, -0.25) is 4.79 Å². The Kier molecular flexibility index (Phi) is 4.37. The highest BCUT2D eigenvalue weighted by molar-refractivity contribution is 6.30. The van der Waals surface area contributed by atoms with Gasteiger partial charge >= 0.3 is 0 Å². The fourth-order valence-corrected chi connectivity index (χ4v) is 3.37. The summed E-state index contributed by atoms with van der Waals surface area (Å²) in [6.45, 7) is 1.89. The first-order valence-corrected chi connectivity index (χ1v) is 8.66. The molecule has 4 rings (SSSR count). The van der Waals surface area contributed by atoms with Crippen LogP contribution in [-0.2, 0) is 20.1 Å². The van der Waals surface area contributed by atoms with Gasteiger partial charge in [-0.05, 0) is 36.8 Å². The highest BCUT2D eigenvalue weighted by atomic mass is 35.5. The lowest BCUT2D eigenvalue weighted by Gasteiger charge is -2.22. The van der Waals surface area contributed by atoms with Gasteiger partial charge in [-0.25, -0.2) is 0 Å². The predicted molar refractivity (Wildman–Crippen MR) is 93.9 cm³/mol. The van der Waals surface area contributed by atoms with E-state index in [-0.39, 0.29) is 5.91 Å². The van der Waals surface area contributed by atoms with E-state index in [0.717, 1.165) is 17.0 Å². The van der Waals surface area contributed by atoms with E-state index in [1.165, 1.54) is 0 Å². The van der Waals surface area contributed by atoms with Crippen molar-refractivity contribution < 1.29 is 19.0 Å². The van der Waals surface area contributed by atoms with Crippen molar-refractivity contribution in [1.82, 2.24) is 0 Å². The Balaban J connectivity index is 1.42. The van der Waals surface area contributed by atoms with Crippen LogP contribution in [0, 0.1) is 0 Å². The first-order chi connectivity index (χ1) is 12.2. The number of carbonyl (C=O) groups excluding carboxylic acids is 1. The van der Waals surface area contributed by atoms with Crippen molar-refractivity contribution in [3.05, 3.63) is 59.1 Å². The van der Waals surface area contributed by atoms with Crippen LogP contribution in [0.4, 0.5) is 5.69 Å². The van der Waals surface area contributed by atoms with Gasteiger partial charge in [0.1, 0.15) is 5.75 Å². The average molecular weight is 360 g/mol. The summed E-state index contributed by atoms with van der Waals surface area (Å²) in [6.07, 6.45) is 0.693. The van der Waals surface area contributed by atoms with E-state index >= 15 is 0 Å². The second-order valence-corrected chi connectivity index (χ2v) is 6.38. The molecule has 0 N–H and O–H groups in total. The minimum Gasteiger partial charge on any atom is -0.494 e. The van der Waals surface area contributed by atoms with Gasteiger partial charge in [0, 0.05) is 17.1 Å². The Morgan fingerprint density at radius 3 is 2.56 bits per heavy atom. The SMILES string of the molecule is O=C1N(CCCOc2ccc(Cl)cc2)c2ccccc2C12OCCO2. The normalized spacial score (nSPS) is 18.0. The van der Waals surface area contributed by atoms with Gasteiger partial charge < -0.3 is 19.1 Å². The predicted octanol–water partition coefficient (Wildman–Crippen LogP) is 3.36. The topological polar surface area (TPSA) is 48.0 Å². The van der Waals surface area contributed by atoms with E-state index in [2.05, 4.69) is 0 Å². The zero-order chi connectivity index (χ0) is 17.3. The lowest BCUT2D eigenvalue weighted by Crippen LogP contribution is -2.41. The number of hydrogen-bond acceptors (Lipinski definition) is 4. The highest BCUT2D eigenvalue weighted by Gasteiger charge is 2.55. The molecule has 2 aromatic rings. The molecule has 5 nitrogen and oxygen atoms in total. The molecule has 1 fully saturated rings. The fourth-order valence-electron chi connectivity index (χ4n) is 3.25. The standard InChI is InChI=1S/C19H18ClNO4/c20-14-6-8-15(9-7-14)23-11-3-10-21-17-5-2-1-4-16(17)19(18(21)22)24-12-13-25-19/h1-2,4-9H,3,10-13H2. The van der Waals surface area contributed by atoms with Crippen molar-refractivity contribution in [3.63, 3.8) is 0 Å². The van der Waals surface area contributed by atoms with Gasteiger partial charge in [0.2, 0.25) is 0 Å². The maximum absolute atomic E-state index is 12.9. The molecule has 2 heterocycles. The van der Waals surface area contributed by atoms with Crippen LogP contribution < -0.4 is 9.64 Å². The third-order valence-corrected chi connectivity index (χ3v) is 4.63. The zero-order valence-corrected chi connectivity index (χ0v) is 14.4. The Bertz CT molecular complexity index is 771. The van der Waals surface area contributed by atoms with Crippen LogP contribution in [0.15, 0.2) is 48.5 Å². The van der Waals surface area contributed by atoms with Crippen molar-refractivity contribution in [2.24, 2.45) is 0 Å². The summed E-state index contributed by atoms with van der Waals surface area (Å²) in [6, 6.07) is 14.9. The van der Waals surface area contributed by atoms with Crippen molar-refractivity contribution in [2.45, 2.75) is 12.2 Å². The van der Waals surface area contributed by atoms with E-state index in [1.807, 2.05) is 36.4 Å². The Labute approximate surface area is 151 Å². The van der Waals surface area contributed by atoms with Crippen molar-refractivity contribution in [1.29, 1.82) is 0 Å². The second-order valence-electron chi connectivity index (χ2n) is 5.94. The molecule has 6 heteroatoms. The number of amides is 1. The van der Waals surface area contributed by atoms with Crippen LogP contribution in [0.3, 0.4) is 0 Å². The van der Waals surface area contributed by atoms with Crippen LogP contribution in [0.1, 0.15) is 12.0 Å². The maximum Gasteiger partial charge on any atom is 0.292 e. The monoisotopic (exact) mass is 359 g/mol. The minimum atomic E-state index is -1.26. The number of para-hydroxylation sites is 1. The molecule has 2 aliphatic heterocycles. The summed E-state index contributed by atoms with van der Waals surface area (Å²) in [5, 5.41) is 0.675. The summed E-state index contributed by atoms with van der Waals surface area (Å²) in [7, 11) is 0. The summed E-state index contributed by atoms with van der Waals surface area (Å²) < 4.78 is 17.1. The molecule has 2 aromatic carbocycles. The van der Waals surface area contributed by atoms with E-state index in [4.69, 9.17) is 25.8 Å². The van der Waals surface area contributed by atoms with Crippen LogP contribution >= 0.6 is 11.6 Å². The summed E-state index contributed by atoms with van der Waals surface area (Å²) in [4.78, 5) is 14.6. The maximum atomic E-state index is 12.9. The van der Waals surface area contributed by atoms with Crippen molar-refractivity contribution in [3.8, 4) is 5.75 Å². The number of benzene rings is 2. The smallest absolute Gasteiger partial charge is 0.292 e. The molecule has 0 aliphatic carbocycles. The summed E-state index contributed by atoms with van der Waals surface area (Å²) in [5.74, 6) is -0.651. The third-order valence-electron chi connectivity index (χ3n) is 4.38. The van der Waals surface area contributed by atoms with Gasteiger partial charge in [-0.15, -0.1) is 0 Å². The minimum absolute atomic E-state index is 0.155. The third kappa shape index (κ3) is 2.88. The van der Waals surface area contributed by atoms with Crippen molar-refractivity contribution >= 4 is 23.2 Å². The molecule has 0 radical (unpaired) electrons. The number of ether oxygens (including phenoxy) is 3. The first-order valence-electron chi connectivity index (χ1n) is 8.28. The highest BCUT2D eigenvalue weighted by Crippen LogP contribution is 2.45. The van der Waals surface area contributed by atoms with Crippen LogP contribution in [0.25, 0.3) is 0 Å². The quantitative estimate of drug-likeness (QED) is 0.768. The largest absolute Gasteiger partial charge is 0.494 e. The average Bonchev–Trinajstić information content (AvgIpc) is 3.21. The molecule has 1 amide bonds. The molecule has 0 bridgehead atoms. The second kappa shape index (κ2) is 6.67. The molecule has 25 heavy (non-hydrogen) atoms. The van der Waals surface area contributed by atoms with E-state index in [1.54, 1.807) is 17.0 Å². The fraction of sp³-hybridized carbons (Fsp3) is 0.316. The van der Waals surface area contributed by atoms with Gasteiger partial charge in [0.05, 0.1) is 25.5 Å². The van der Waals surface area contributed by atoms with Gasteiger partial charge in [-0.1, -0.05) is 29.8 Å². The number of halogens is 1. The number of fused-ring (bicyclic) bond motifs is 2. The molecular weight excluding hydrogens is 342 g/mol. The molecule has 1 spiro atoms. The van der Waals surface area contributed by atoms with Crippen LogP contribution in [0.2, 0.25) is 5.02 Å². The number of nitrogens with zero attached hydrogens (tertiary/aromatic N) is 1. The lowest BCUT2D eigenvalue weighted by molar-refractivity contribution is -0.180. The van der Waals surface area contributed by atoms with Crippen LogP contribution in [0.5, 0.6) is 5.75 Å². The molecule has 2 aliphatic rings. The molecule has 0 saturated carbocycles. The van der Waals surface area contributed by atoms with Gasteiger partial charge in [-0.2, -0.15) is 0 Å². The van der Waals surface area contributed by atoms with E-state index in [0.29, 0.717) is 37.8 Å². The van der Waals surface area contributed by atoms with E-state index in [9.17, 15) is 4.79 Å². The number of hydrogen-bond donors (Lipinski definition) is 0. The lowest BCUT2D eigenvalue weighted by atomic mass is 10.1. The number of rotatable bonds is 5. The molecule has 0 atom stereocenters. The van der Waals surface area contributed by atoms with Crippen LogP contribution in [-0.4, -0.2) is 32.3 Å². The molecule has 1 saturated heterocycles. The number of carbonyl (C=O) groups is 1. The molecule has 130 valence electrons. The number of anilines is 1. The summed E-state index contributed by atoms with van der Waals surface area (Å²) >= 11 is 5.86. The van der Waals surface area contributed by atoms with E-state index < -0.39 is 5.79 Å².